The quantitative estimate of drug-likeness (QED) is 0.588. The SMILES string of the molecule is CCOC(=O)N1CCN(C(=O)c2cc(-c3ccc(F)cc3)nn2-c2ccccc2Cl)CC1. The van der Waals surface area contributed by atoms with E-state index < -0.39 is 0 Å². The molecule has 4 rings (SSSR count). The first-order valence-electron chi connectivity index (χ1n) is 10.3. The van der Waals surface area contributed by atoms with Crippen molar-refractivity contribution in [2.45, 2.75) is 6.92 Å². The Morgan fingerprint density at radius 2 is 1.69 bits per heavy atom. The number of halogens is 2. The minimum atomic E-state index is -0.376. The third-order valence-corrected chi connectivity index (χ3v) is 5.56. The van der Waals surface area contributed by atoms with Gasteiger partial charge in [-0.05, 0) is 49.4 Å². The number of amides is 2. The minimum absolute atomic E-state index is 0.228. The molecule has 0 atom stereocenters. The van der Waals surface area contributed by atoms with Gasteiger partial charge in [-0.15, -0.1) is 0 Å². The average molecular weight is 457 g/mol. The van der Waals surface area contributed by atoms with E-state index in [-0.39, 0.29) is 17.8 Å². The molecule has 0 radical (unpaired) electrons. The number of benzene rings is 2. The second-order valence-corrected chi connectivity index (χ2v) is 7.67. The molecule has 1 aliphatic heterocycles. The molecule has 1 fully saturated rings. The lowest BCUT2D eigenvalue weighted by atomic mass is 10.1. The standard InChI is InChI=1S/C23H22ClFN4O3/c1-2-32-23(31)28-13-11-27(12-14-28)22(30)21-15-19(16-7-9-17(25)10-8-16)26-29(21)20-6-4-3-5-18(20)24/h3-10,15H,2,11-14H2,1H3. The van der Waals surface area contributed by atoms with Crippen LogP contribution in [0.15, 0.2) is 54.6 Å². The summed E-state index contributed by atoms with van der Waals surface area (Å²) >= 11 is 6.39. The summed E-state index contributed by atoms with van der Waals surface area (Å²) in [4.78, 5) is 28.6. The summed E-state index contributed by atoms with van der Waals surface area (Å²) in [5, 5.41) is 5.05. The van der Waals surface area contributed by atoms with Crippen molar-refractivity contribution in [3.05, 3.63) is 71.1 Å². The molecule has 1 saturated heterocycles. The first-order chi connectivity index (χ1) is 15.5. The second kappa shape index (κ2) is 9.40. The van der Waals surface area contributed by atoms with Gasteiger partial charge < -0.3 is 14.5 Å². The number of ether oxygens (including phenoxy) is 1. The fourth-order valence-electron chi connectivity index (χ4n) is 3.57. The van der Waals surface area contributed by atoms with Crippen LogP contribution in [-0.4, -0.2) is 64.4 Å². The van der Waals surface area contributed by atoms with Crippen molar-refractivity contribution in [2.24, 2.45) is 0 Å². The Morgan fingerprint density at radius 3 is 2.34 bits per heavy atom. The Morgan fingerprint density at radius 1 is 1.03 bits per heavy atom. The zero-order chi connectivity index (χ0) is 22.7. The molecular weight excluding hydrogens is 435 g/mol. The Balaban J connectivity index is 1.65. The molecule has 3 aromatic rings. The number of carbonyl (C=O) groups excluding carboxylic acids is 2. The van der Waals surface area contributed by atoms with Gasteiger partial charge in [0.05, 0.1) is 23.0 Å². The summed E-state index contributed by atoms with van der Waals surface area (Å²) in [5.74, 6) is -0.579. The summed E-state index contributed by atoms with van der Waals surface area (Å²) in [6.45, 7) is 3.58. The number of rotatable bonds is 4. The van der Waals surface area contributed by atoms with Crippen LogP contribution in [0, 0.1) is 5.82 Å². The van der Waals surface area contributed by atoms with Crippen LogP contribution in [0.25, 0.3) is 16.9 Å². The van der Waals surface area contributed by atoms with E-state index in [0.717, 1.165) is 0 Å². The predicted octanol–water partition coefficient (Wildman–Crippen LogP) is 4.25. The lowest BCUT2D eigenvalue weighted by molar-refractivity contribution is 0.0563. The monoisotopic (exact) mass is 456 g/mol. The molecule has 9 heteroatoms. The Labute approximate surface area is 189 Å². The van der Waals surface area contributed by atoms with Gasteiger partial charge >= 0.3 is 6.09 Å². The van der Waals surface area contributed by atoms with Crippen LogP contribution in [0.4, 0.5) is 9.18 Å². The molecular formula is C23H22ClFN4O3. The van der Waals surface area contributed by atoms with Crippen LogP contribution >= 0.6 is 11.6 Å². The number of hydrogen-bond donors (Lipinski definition) is 0. The predicted molar refractivity (Wildman–Crippen MR) is 118 cm³/mol. The number of aromatic nitrogens is 2. The van der Waals surface area contributed by atoms with Gasteiger partial charge in [-0.2, -0.15) is 5.10 Å². The fourth-order valence-corrected chi connectivity index (χ4v) is 3.79. The molecule has 0 spiro atoms. The zero-order valence-corrected chi connectivity index (χ0v) is 18.3. The van der Waals surface area contributed by atoms with Gasteiger partial charge in [0.15, 0.2) is 0 Å². The van der Waals surface area contributed by atoms with Gasteiger partial charge in [-0.1, -0.05) is 23.7 Å². The molecule has 2 heterocycles. The number of para-hydroxylation sites is 1. The molecule has 0 bridgehead atoms. The van der Waals surface area contributed by atoms with Crippen LogP contribution in [0.5, 0.6) is 0 Å². The van der Waals surface area contributed by atoms with Crippen molar-refractivity contribution in [3.63, 3.8) is 0 Å². The summed E-state index contributed by atoms with van der Waals surface area (Å²) in [5.41, 5.74) is 2.11. The molecule has 32 heavy (non-hydrogen) atoms. The molecule has 0 saturated carbocycles. The van der Waals surface area contributed by atoms with E-state index in [0.29, 0.717) is 60.4 Å². The lowest BCUT2D eigenvalue weighted by Gasteiger charge is -2.34. The number of hydrogen-bond acceptors (Lipinski definition) is 4. The Kier molecular flexibility index (Phi) is 6.41. The molecule has 7 nitrogen and oxygen atoms in total. The molecule has 2 amide bonds. The van der Waals surface area contributed by atoms with Crippen LogP contribution in [-0.2, 0) is 4.74 Å². The highest BCUT2D eigenvalue weighted by molar-refractivity contribution is 6.32. The fraction of sp³-hybridized carbons (Fsp3) is 0.261. The van der Waals surface area contributed by atoms with Crippen LogP contribution in [0.2, 0.25) is 5.02 Å². The van der Waals surface area contributed by atoms with Gasteiger partial charge in [0.2, 0.25) is 0 Å². The van der Waals surface area contributed by atoms with Crippen molar-refractivity contribution < 1.29 is 18.7 Å². The van der Waals surface area contributed by atoms with Gasteiger partial charge in [-0.25, -0.2) is 13.9 Å². The summed E-state index contributed by atoms with van der Waals surface area (Å²) < 4.78 is 19.9. The first-order valence-corrected chi connectivity index (χ1v) is 10.7. The van der Waals surface area contributed by atoms with E-state index in [2.05, 4.69) is 5.10 Å². The van der Waals surface area contributed by atoms with Crippen LogP contribution in [0.1, 0.15) is 17.4 Å². The maximum Gasteiger partial charge on any atom is 0.409 e. The Hall–Kier alpha value is -3.39. The number of carbonyl (C=O) groups is 2. The van der Waals surface area contributed by atoms with Crippen molar-refractivity contribution in [1.82, 2.24) is 19.6 Å². The average Bonchev–Trinajstić information content (AvgIpc) is 3.25. The third kappa shape index (κ3) is 4.45. The highest BCUT2D eigenvalue weighted by Crippen LogP contribution is 2.27. The molecule has 0 N–H and O–H groups in total. The van der Waals surface area contributed by atoms with Crippen LogP contribution < -0.4 is 0 Å². The van der Waals surface area contributed by atoms with Crippen molar-refractivity contribution >= 4 is 23.6 Å². The van der Waals surface area contributed by atoms with E-state index in [4.69, 9.17) is 16.3 Å². The highest BCUT2D eigenvalue weighted by Gasteiger charge is 2.28. The summed E-state index contributed by atoms with van der Waals surface area (Å²) in [6.07, 6.45) is -0.376. The summed E-state index contributed by atoms with van der Waals surface area (Å²) in [7, 11) is 0. The zero-order valence-electron chi connectivity index (χ0n) is 17.5. The van der Waals surface area contributed by atoms with E-state index in [1.165, 1.54) is 16.8 Å². The molecule has 1 aromatic heterocycles. The van der Waals surface area contributed by atoms with E-state index in [9.17, 15) is 14.0 Å². The number of piperazine rings is 1. The summed E-state index contributed by atoms with van der Waals surface area (Å²) in [6, 6.07) is 14.7. The van der Waals surface area contributed by atoms with Crippen molar-refractivity contribution in [2.75, 3.05) is 32.8 Å². The van der Waals surface area contributed by atoms with Gasteiger partial charge in [0.25, 0.3) is 5.91 Å². The minimum Gasteiger partial charge on any atom is -0.450 e. The largest absolute Gasteiger partial charge is 0.450 e. The first kappa shape index (κ1) is 21.8. The van der Waals surface area contributed by atoms with Crippen molar-refractivity contribution in [3.8, 4) is 16.9 Å². The smallest absolute Gasteiger partial charge is 0.409 e. The second-order valence-electron chi connectivity index (χ2n) is 7.26. The molecule has 1 aliphatic rings. The highest BCUT2D eigenvalue weighted by atomic mass is 35.5. The molecule has 0 aliphatic carbocycles. The van der Waals surface area contributed by atoms with Gasteiger partial charge in [-0.3, -0.25) is 4.79 Å². The van der Waals surface area contributed by atoms with Gasteiger partial charge in [0.1, 0.15) is 11.5 Å². The molecule has 2 aromatic carbocycles. The normalized spacial score (nSPS) is 13.8. The lowest BCUT2D eigenvalue weighted by Crippen LogP contribution is -2.51. The van der Waals surface area contributed by atoms with E-state index in [1.54, 1.807) is 53.1 Å². The Bertz CT molecular complexity index is 1120. The van der Waals surface area contributed by atoms with Gasteiger partial charge in [0, 0.05) is 31.7 Å². The maximum absolute atomic E-state index is 13.4. The van der Waals surface area contributed by atoms with E-state index >= 15 is 0 Å². The van der Waals surface area contributed by atoms with Crippen molar-refractivity contribution in [1.29, 1.82) is 0 Å². The van der Waals surface area contributed by atoms with Crippen LogP contribution in [0.3, 0.4) is 0 Å². The number of nitrogens with zero attached hydrogens (tertiary/aromatic N) is 4. The maximum atomic E-state index is 13.4. The van der Waals surface area contributed by atoms with E-state index in [1.807, 2.05) is 6.07 Å². The third-order valence-electron chi connectivity index (χ3n) is 5.24. The topological polar surface area (TPSA) is 67.7 Å². The molecule has 166 valence electrons. The molecule has 0 unspecified atom stereocenters.